The summed E-state index contributed by atoms with van der Waals surface area (Å²) in [6.45, 7) is 13.9. The fourth-order valence-electron chi connectivity index (χ4n) is 5.04. The molecule has 7 nitrogen and oxygen atoms in total. The summed E-state index contributed by atoms with van der Waals surface area (Å²) in [6.07, 6.45) is 0. The average molecular weight is 463 g/mol. The first-order valence-electron chi connectivity index (χ1n) is 12.3. The van der Waals surface area contributed by atoms with Gasteiger partial charge < -0.3 is 19.4 Å². The Labute approximate surface area is 200 Å². The van der Waals surface area contributed by atoms with E-state index in [-0.39, 0.29) is 5.43 Å². The van der Waals surface area contributed by atoms with Gasteiger partial charge in [-0.2, -0.15) is 0 Å². The number of aromatic amines is 1. The van der Waals surface area contributed by atoms with Gasteiger partial charge in [0.2, 0.25) is 6.79 Å². The second-order valence-corrected chi connectivity index (χ2v) is 9.20. The highest BCUT2D eigenvalue weighted by molar-refractivity contribution is 5.83. The normalized spacial score (nSPS) is 16.3. The summed E-state index contributed by atoms with van der Waals surface area (Å²) in [5.74, 6) is 1.67. The lowest BCUT2D eigenvalue weighted by Gasteiger charge is -2.34. The monoisotopic (exact) mass is 462 g/mol. The number of fused-ring (bicyclic) bond motifs is 2. The number of aromatic nitrogens is 1. The van der Waals surface area contributed by atoms with E-state index in [9.17, 15) is 4.79 Å². The molecule has 1 saturated heterocycles. The summed E-state index contributed by atoms with van der Waals surface area (Å²) in [5.41, 5.74) is 5.27. The minimum Gasteiger partial charge on any atom is -0.454 e. The van der Waals surface area contributed by atoms with Gasteiger partial charge in [0.25, 0.3) is 0 Å². The second-order valence-electron chi connectivity index (χ2n) is 9.20. The van der Waals surface area contributed by atoms with E-state index in [1.165, 1.54) is 5.56 Å². The highest BCUT2D eigenvalue weighted by atomic mass is 16.7. The lowest BCUT2D eigenvalue weighted by molar-refractivity contribution is 0.121. The molecule has 0 bridgehead atoms. The van der Waals surface area contributed by atoms with E-state index in [1.54, 1.807) is 0 Å². The standard InChI is InChI=1S/C27H34N4O3/c1-4-31(5-2)21-7-8-24-22(15-21)27(32)23(19(3)28-24)17-30-12-10-29(11-13-30)16-20-6-9-25-26(14-20)34-18-33-25/h6-9,14-15H,4-5,10-13,16-18H2,1-3H3,(H,28,32). The number of ether oxygens (including phenoxy) is 2. The smallest absolute Gasteiger partial charge is 0.231 e. The van der Waals surface area contributed by atoms with Crippen LogP contribution in [0.25, 0.3) is 10.9 Å². The van der Waals surface area contributed by atoms with Gasteiger partial charge in [0.15, 0.2) is 16.9 Å². The van der Waals surface area contributed by atoms with Crippen LogP contribution < -0.4 is 19.8 Å². The van der Waals surface area contributed by atoms with Crippen LogP contribution in [0.4, 0.5) is 5.69 Å². The van der Waals surface area contributed by atoms with Crippen molar-refractivity contribution in [1.82, 2.24) is 14.8 Å². The van der Waals surface area contributed by atoms with E-state index >= 15 is 0 Å². The predicted octanol–water partition coefficient (Wildman–Crippen LogP) is 3.73. The number of piperazine rings is 1. The van der Waals surface area contributed by atoms with E-state index in [0.29, 0.717) is 13.3 Å². The number of hydrogen-bond acceptors (Lipinski definition) is 6. The Morgan fingerprint density at radius 1 is 0.912 bits per heavy atom. The quantitative estimate of drug-likeness (QED) is 0.577. The van der Waals surface area contributed by atoms with Crippen LogP contribution in [0.5, 0.6) is 11.5 Å². The van der Waals surface area contributed by atoms with Crippen molar-refractivity contribution in [3.63, 3.8) is 0 Å². The fraction of sp³-hybridized carbons (Fsp3) is 0.444. The zero-order chi connectivity index (χ0) is 23.7. The molecule has 1 fully saturated rings. The molecule has 5 rings (SSSR count). The maximum atomic E-state index is 13.5. The maximum absolute atomic E-state index is 13.5. The number of benzene rings is 2. The minimum absolute atomic E-state index is 0.156. The Balaban J connectivity index is 1.27. The SMILES string of the molecule is CCN(CC)c1ccc2[nH]c(C)c(CN3CCN(Cc4ccc5c(c4)OCO5)CC3)c(=O)c2c1. The van der Waals surface area contributed by atoms with Gasteiger partial charge in [0, 0.05) is 80.2 Å². The second kappa shape index (κ2) is 9.68. The molecule has 0 atom stereocenters. The van der Waals surface area contributed by atoms with E-state index in [2.05, 4.69) is 51.7 Å². The zero-order valence-electron chi connectivity index (χ0n) is 20.4. The van der Waals surface area contributed by atoms with Crippen molar-refractivity contribution in [2.45, 2.75) is 33.9 Å². The molecule has 0 amide bonds. The van der Waals surface area contributed by atoms with Gasteiger partial charge in [0.1, 0.15) is 0 Å². The topological polar surface area (TPSA) is 61.0 Å². The molecule has 0 radical (unpaired) electrons. The number of hydrogen-bond donors (Lipinski definition) is 1. The third-order valence-corrected chi connectivity index (χ3v) is 7.12. The van der Waals surface area contributed by atoms with Crippen molar-refractivity contribution in [2.24, 2.45) is 0 Å². The Morgan fingerprint density at radius 3 is 2.35 bits per heavy atom. The molecule has 2 aromatic carbocycles. The molecule has 2 aliphatic rings. The van der Waals surface area contributed by atoms with Crippen LogP contribution in [-0.2, 0) is 13.1 Å². The molecule has 180 valence electrons. The maximum Gasteiger partial charge on any atom is 0.231 e. The summed E-state index contributed by atoms with van der Waals surface area (Å²) < 4.78 is 10.9. The Bertz CT molecular complexity index is 1230. The molecule has 3 heterocycles. The third kappa shape index (κ3) is 4.50. The summed E-state index contributed by atoms with van der Waals surface area (Å²) in [5, 5.41) is 0.784. The van der Waals surface area contributed by atoms with Gasteiger partial charge in [-0.3, -0.25) is 14.6 Å². The molecule has 0 spiro atoms. The van der Waals surface area contributed by atoms with Crippen LogP contribution in [0.2, 0.25) is 0 Å². The first kappa shape index (κ1) is 22.7. The van der Waals surface area contributed by atoms with Gasteiger partial charge >= 0.3 is 0 Å². The first-order chi connectivity index (χ1) is 16.6. The third-order valence-electron chi connectivity index (χ3n) is 7.12. The van der Waals surface area contributed by atoms with E-state index < -0.39 is 0 Å². The lowest BCUT2D eigenvalue weighted by atomic mass is 10.1. The number of nitrogens with zero attached hydrogens (tertiary/aromatic N) is 3. The van der Waals surface area contributed by atoms with Crippen molar-refractivity contribution in [3.05, 3.63) is 63.4 Å². The van der Waals surface area contributed by atoms with E-state index in [0.717, 1.165) is 85.2 Å². The largest absolute Gasteiger partial charge is 0.454 e. The summed E-state index contributed by atoms with van der Waals surface area (Å²) in [7, 11) is 0. The molecule has 3 aromatic rings. The molecule has 1 aromatic heterocycles. The summed E-state index contributed by atoms with van der Waals surface area (Å²) >= 11 is 0. The highest BCUT2D eigenvalue weighted by Crippen LogP contribution is 2.33. The van der Waals surface area contributed by atoms with Gasteiger partial charge in [-0.25, -0.2) is 0 Å². The van der Waals surface area contributed by atoms with Crippen LogP contribution in [0.1, 0.15) is 30.7 Å². The Kier molecular flexibility index (Phi) is 6.48. The number of anilines is 1. The van der Waals surface area contributed by atoms with Crippen LogP contribution in [0, 0.1) is 6.92 Å². The number of pyridine rings is 1. The number of nitrogens with one attached hydrogen (secondary N) is 1. The van der Waals surface area contributed by atoms with Gasteiger partial charge in [0.05, 0.1) is 0 Å². The van der Waals surface area contributed by atoms with Crippen LogP contribution >= 0.6 is 0 Å². The molecular formula is C27H34N4O3. The molecule has 0 aliphatic carbocycles. The Morgan fingerprint density at radius 2 is 1.62 bits per heavy atom. The Hall–Kier alpha value is -3.03. The van der Waals surface area contributed by atoms with Crippen molar-refractivity contribution in [1.29, 1.82) is 0 Å². The van der Waals surface area contributed by atoms with Crippen LogP contribution in [0.15, 0.2) is 41.2 Å². The highest BCUT2D eigenvalue weighted by Gasteiger charge is 2.21. The van der Waals surface area contributed by atoms with Gasteiger partial charge in [-0.15, -0.1) is 0 Å². The first-order valence-corrected chi connectivity index (χ1v) is 12.3. The summed E-state index contributed by atoms with van der Waals surface area (Å²) in [4.78, 5) is 24.1. The van der Waals surface area contributed by atoms with Crippen molar-refractivity contribution >= 4 is 16.6 Å². The van der Waals surface area contributed by atoms with Crippen LogP contribution in [-0.4, -0.2) is 60.8 Å². The van der Waals surface area contributed by atoms with Crippen molar-refractivity contribution in [2.75, 3.05) is 51.0 Å². The van der Waals surface area contributed by atoms with Gasteiger partial charge in [-0.05, 0) is 56.7 Å². The van der Waals surface area contributed by atoms with Crippen LogP contribution in [0.3, 0.4) is 0 Å². The molecule has 2 aliphatic heterocycles. The molecule has 0 saturated carbocycles. The molecule has 1 N–H and O–H groups in total. The fourth-order valence-corrected chi connectivity index (χ4v) is 5.04. The van der Waals surface area contributed by atoms with Gasteiger partial charge in [-0.1, -0.05) is 6.07 Å². The molecule has 34 heavy (non-hydrogen) atoms. The van der Waals surface area contributed by atoms with Crippen molar-refractivity contribution < 1.29 is 9.47 Å². The number of H-pyrrole nitrogens is 1. The van der Waals surface area contributed by atoms with Crippen molar-refractivity contribution in [3.8, 4) is 11.5 Å². The number of rotatable bonds is 7. The molecular weight excluding hydrogens is 428 g/mol. The minimum atomic E-state index is 0.156. The summed E-state index contributed by atoms with van der Waals surface area (Å²) in [6, 6.07) is 12.4. The molecule has 7 heteroatoms. The van der Waals surface area contributed by atoms with E-state index in [1.807, 2.05) is 25.1 Å². The number of aryl methyl sites for hydroxylation is 1. The average Bonchev–Trinajstić information content (AvgIpc) is 3.32. The predicted molar refractivity (Wildman–Crippen MR) is 136 cm³/mol. The molecule has 0 unspecified atom stereocenters. The zero-order valence-corrected chi connectivity index (χ0v) is 20.4. The van der Waals surface area contributed by atoms with E-state index in [4.69, 9.17) is 9.47 Å². The lowest BCUT2D eigenvalue weighted by Crippen LogP contribution is -2.46.